The number of carbonyl (C=O) groups is 2. The number of halogens is 1. The summed E-state index contributed by atoms with van der Waals surface area (Å²) in [4.78, 5) is 26.1. The Morgan fingerprint density at radius 3 is 2.40 bits per heavy atom. The molecule has 1 aliphatic rings. The smallest absolute Gasteiger partial charge is 0.355 e. The Hall–Kier alpha value is -3.72. The summed E-state index contributed by atoms with van der Waals surface area (Å²) in [5, 5.41) is 14.9. The van der Waals surface area contributed by atoms with Crippen LogP contribution in [-0.2, 0) is 9.53 Å². The van der Waals surface area contributed by atoms with Crippen LogP contribution in [0.5, 0.6) is 5.75 Å². The number of aromatic nitrogens is 4. The minimum absolute atomic E-state index is 0.0273. The number of benzene rings is 2. The third-order valence-corrected chi connectivity index (χ3v) is 4.94. The molecule has 0 aliphatic carbocycles. The second kappa shape index (κ2) is 7.96. The molecule has 1 atom stereocenters. The molecular weight excluding hydrogens is 410 g/mol. The monoisotopic (exact) mass is 425 g/mol. The standard InChI is InChI=1S/C20H16ClN5O4/c1-29-14-9-5-11(6-10-14)17-15(18(27)12-3-7-13(21)8-4-12)16(19(28)30-2)22-20-23-24-25-26(17)20/h3-10,17H,1-2H3,(H,22,23,25)/t17-/m1/s1. The molecule has 0 fully saturated rings. The first-order valence-corrected chi connectivity index (χ1v) is 9.23. The molecule has 1 aromatic heterocycles. The Bertz CT molecular complexity index is 1140. The Kier molecular flexibility index (Phi) is 5.20. The first-order valence-electron chi connectivity index (χ1n) is 8.85. The molecule has 10 heteroatoms. The minimum atomic E-state index is -0.764. The van der Waals surface area contributed by atoms with Crippen molar-refractivity contribution < 1.29 is 19.1 Å². The van der Waals surface area contributed by atoms with E-state index in [-0.39, 0.29) is 23.0 Å². The van der Waals surface area contributed by atoms with Gasteiger partial charge >= 0.3 is 5.97 Å². The number of ketones is 1. The summed E-state index contributed by atoms with van der Waals surface area (Å²) in [6, 6.07) is 12.7. The number of rotatable bonds is 5. The number of anilines is 1. The van der Waals surface area contributed by atoms with Gasteiger partial charge in [0.25, 0.3) is 0 Å². The molecule has 2 aromatic carbocycles. The highest BCUT2D eigenvalue weighted by atomic mass is 35.5. The third-order valence-electron chi connectivity index (χ3n) is 4.69. The first-order chi connectivity index (χ1) is 14.5. The first kappa shape index (κ1) is 19.6. The van der Waals surface area contributed by atoms with Crippen molar-refractivity contribution in [3.63, 3.8) is 0 Å². The second-order valence-corrected chi connectivity index (χ2v) is 6.80. The van der Waals surface area contributed by atoms with Gasteiger partial charge in [0.05, 0.1) is 19.8 Å². The SMILES string of the molecule is COC(=O)C1=C(C(=O)c2ccc(Cl)cc2)[C@@H](c2ccc(OC)cc2)n2nnnc2N1. The maximum absolute atomic E-state index is 13.5. The normalized spacial score (nSPS) is 15.2. The number of nitrogens with zero attached hydrogens (tertiary/aromatic N) is 4. The molecule has 2 heterocycles. The molecule has 1 N–H and O–H groups in total. The van der Waals surface area contributed by atoms with Crippen LogP contribution in [0.4, 0.5) is 5.95 Å². The number of fused-ring (bicyclic) bond motifs is 1. The molecular formula is C20H16ClN5O4. The van der Waals surface area contributed by atoms with Gasteiger partial charge in [-0.05, 0) is 52.4 Å². The molecule has 9 nitrogen and oxygen atoms in total. The van der Waals surface area contributed by atoms with E-state index in [0.29, 0.717) is 21.9 Å². The van der Waals surface area contributed by atoms with Crippen molar-refractivity contribution in [3.8, 4) is 5.75 Å². The van der Waals surface area contributed by atoms with Gasteiger partial charge in [0.2, 0.25) is 5.95 Å². The number of methoxy groups -OCH3 is 2. The largest absolute Gasteiger partial charge is 0.497 e. The van der Waals surface area contributed by atoms with E-state index >= 15 is 0 Å². The Morgan fingerprint density at radius 1 is 1.07 bits per heavy atom. The molecule has 0 radical (unpaired) electrons. The zero-order chi connectivity index (χ0) is 21.3. The fraction of sp³-hybridized carbons (Fsp3) is 0.150. The fourth-order valence-electron chi connectivity index (χ4n) is 3.24. The van der Waals surface area contributed by atoms with Gasteiger partial charge in [0, 0.05) is 10.6 Å². The van der Waals surface area contributed by atoms with Crippen molar-refractivity contribution in [2.75, 3.05) is 19.5 Å². The van der Waals surface area contributed by atoms with Crippen molar-refractivity contribution in [2.45, 2.75) is 6.04 Å². The summed E-state index contributed by atoms with van der Waals surface area (Å²) in [7, 11) is 2.80. The van der Waals surface area contributed by atoms with Crippen LogP contribution in [0, 0.1) is 0 Å². The Morgan fingerprint density at radius 2 is 1.77 bits per heavy atom. The lowest BCUT2D eigenvalue weighted by molar-refractivity contribution is -0.136. The van der Waals surface area contributed by atoms with Crippen LogP contribution in [0.2, 0.25) is 5.02 Å². The number of hydrogen-bond donors (Lipinski definition) is 1. The van der Waals surface area contributed by atoms with Crippen LogP contribution >= 0.6 is 11.6 Å². The number of esters is 1. The maximum Gasteiger partial charge on any atom is 0.355 e. The molecule has 0 saturated carbocycles. The maximum atomic E-state index is 13.5. The number of allylic oxidation sites excluding steroid dienone is 1. The van der Waals surface area contributed by atoms with Crippen molar-refractivity contribution >= 4 is 29.3 Å². The summed E-state index contributed by atoms with van der Waals surface area (Å²) >= 11 is 5.96. The van der Waals surface area contributed by atoms with Crippen molar-refractivity contribution in [2.24, 2.45) is 0 Å². The lowest BCUT2D eigenvalue weighted by Gasteiger charge is -2.28. The quantitative estimate of drug-likeness (QED) is 0.491. The summed E-state index contributed by atoms with van der Waals surface area (Å²) < 4.78 is 11.6. The van der Waals surface area contributed by atoms with Crippen LogP contribution in [0.3, 0.4) is 0 Å². The predicted molar refractivity (Wildman–Crippen MR) is 107 cm³/mol. The van der Waals surface area contributed by atoms with Gasteiger partial charge < -0.3 is 14.8 Å². The molecule has 0 bridgehead atoms. The van der Waals surface area contributed by atoms with E-state index in [0.717, 1.165) is 0 Å². The van der Waals surface area contributed by atoms with Gasteiger partial charge in [0.1, 0.15) is 17.5 Å². The average molecular weight is 426 g/mol. The molecule has 0 saturated heterocycles. The van der Waals surface area contributed by atoms with Crippen LogP contribution in [0.15, 0.2) is 59.8 Å². The van der Waals surface area contributed by atoms with E-state index in [2.05, 4.69) is 20.8 Å². The number of nitrogens with one attached hydrogen (secondary N) is 1. The van der Waals surface area contributed by atoms with Gasteiger partial charge in [-0.1, -0.05) is 28.8 Å². The van der Waals surface area contributed by atoms with Crippen LogP contribution in [0.1, 0.15) is 22.0 Å². The van der Waals surface area contributed by atoms with E-state index < -0.39 is 12.0 Å². The van der Waals surface area contributed by atoms with E-state index in [1.165, 1.54) is 11.8 Å². The van der Waals surface area contributed by atoms with Crippen molar-refractivity contribution in [1.29, 1.82) is 0 Å². The summed E-state index contributed by atoms with van der Waals surface area (Å²) in [6.07, 6.45) is 0. The number of ether oxygens (including phenoxy) is 2. The molecule has 152 valence electrons. The minimum Gasteiger partial charge on any atom is -0.497 e. The van der Waals surface area contributed by atoms with E-state index in [1.54, 1.807) is 55.6 Å². The van der Waals surface area contributed by atoms with Gasteiger partial charge in [-0.25, -0.2) is 4.79 Å². The summed E-state index contributed by atoms with van der Waals surface area (Å²) in [6.45, 7) is 0. The van der Waals surface area contributed by atoms with E-state index in [4.69, 9.17) is 21.1 Å². The summed E-state index contributed by atoms with van der Waals surface area (Å²) in [5.74, 6) is -0.238. The number of Topliss-reactive ketones (excluding diaryl/α,β-unsaturated/α-hetero) is 1. The van der Waals surface area contributed by atoms with Crippen molar-refractivity contribution in [3.05, 3.63) is 76.0 Å². The van der Waals surface area contributed by atoms with Crippen molar-refractivity contribution in [1.82, 2.24) is 20.2 Å². The highest BCUT2D eigenvalue weighted by Crippen LogP contribution is 2.37. The van der Waals surface area contributed by atoms with E-state index in [9.17, 15) is 9.59 Å². The lowest BCUT2D eigenvalue weighted by Crippen LogP contribution is -2.32. The van der Waals surface area contributed by atoms with Gasteiger partial charge in [0.15, 0.2) is 5.78 Å². The Labute approximate surface area is 176 Å². The zero-order valence-corrected chi connectivity index (χ0v) is 16.8. The molecule has 0 spiro atoms. The number of tetrazole rings is 1. The van der Waals surface area contributed by atoms with Crippen LogP contribution < -0.4 is 10.1 Å². The number of hydrogen-bond acceptors (Lipinski definition) is 8. The van der Waals surface area contributed by atoms with Crippen LogP contribution in [0.25, 0.3) is 0 Å². The second-order valence-electron chi connectivity index (χ2n) is 6.36. The topological polar surface area (TPSA) is 108 Å². The highest BCUT2D eigenvalue weighted by molar-refractivity contribution is 6.30. The van der Waals surface area contributed by atoms with Crippen LogP contribution in [-0.4, -0.2) is 46.2 Å². The van der Waals surface area contributed by atoms with Gasteiger partial charge in [-0.2, -0.15) is 4.68 Å². The Balaban J connectivity index is 1.92. The molecule has 4 rings (SSSR count). The zero-order valence-electron chi connectivity index (χ0n) is 16.0. The fourth-order valence-corrected chi connectivity index (χ4v) is 3.37. The molecule has 3 aromatic rings. The lowest BCUT2D eigenvalue weighted by atomic mass is 9.89. The molecule has 1 aliphatic heterocycles. The molecule has 0 amide bonds. The molecule has 0 unspecified atom stereocenters. The highest BCUT2D eigenvalue weighted by Gasteiger charge is 2.38. The third kappa shape index (κ3) is 3.39. The molecule has 30 heavy (non-hydrogen) atoms. The predicted octanol–water partition coefficient (Wildman–Crippen LogP) is 2.66. The van der Waals surface area contributed by atoms with E-state index in [1.807, 2.05) is 0 Å². The van der Waals surface area contributed by atoms with Gasteiger partial charge in [-0.3, -0.25) is 4.79 Å². The average Bonchev–Trinajstić information content (AvgIpc) is 3.26. The van der Waals surface area contributed by atoms with Gasteiger partial charge in [-0.15, -0.1) is 0 Å². The number of carbonyl (C=O) groups excluding carboxylic acids is 2. The summed E-state index contributed by atoms with van der Waals surface area (Å²) in [5.41, 5.74) is 1.16.